The highest BCUT2D eigenvalue weighted by Crippen LogP contribution is 2.39. The van der Waals surface area contributed by atoms with Gasteiger partial charge in [0.15, 0.2) is 0 Å². The van der Waals surface area contributed by atoms with E-state index < -0.39 is 0 Å². The van der Waals surface area contributed by atoms with Gasteiger partial charge in [0.25, 0.3) is 5.91 Å². The number of carbonyl (C=O) groups excluding carboxylic acids is 1. The van der Waals surface area contributed by atoms with Crippen molar-refractivity contribution in [3.63, 3.8) is 0 Å². The Labute approximate surface area is 195 Å². The van der Waals surface area contributed by atoms with Gasteiger partial charge in [0, 0.05) is 33.8 Å². The van der Waals surface area contributed by atoms with Crippen LogP contribution in [-0.4, -0.2) is 24.4 Å². The van der Waals surface area contributed by atoms with E-state index in [2.05, 4.69) is 75.5 Å². The maximum atomic E-state index is 12.7. The Kier molecular flexibility index (Phi) is 8.16. The summed E-state index contributed by atoms with van der Waals surface area (Å²) in [6, 6.07) is 16.8. The molecule has 0 bridgehead atoms. The fraction of sp³-hybridized carbons (Fsp3) is 0.296. The molecule has 4 heteroatoms. The van der Waals surface area contributed by atoms with E-state index in [0.717, 1.165) is 30.5 Å². The Bertz CT molecular complexity index is 1080. The molecule has 0 aliphatic rings. The van der Waals surface area contributed by atoms with Crippen LogP contribution in [0.5, 0.6) is 0 Å². The Hall–Kier alpha value is -2.30. The maximum absolute atomic E-state index is 12.7. The minimum atomic E-state index is 0.0953. The number of benzene rings is 2. The van der Waals surface area contributed by atoms with Gasteiger partial charge in [-0.2, -0.15) is 0 Å². The van der Waals surface area contributed by atoms with Gasteiger partial charge < -0.3 is 4.90 Å². The largest absolute Gasteiger partial charge is 0.342 e. The van der Waals surface area contributed by atoms with Crippen LogP contribution in [0.15, 0.2) is 69.8 Å². The van der Waals surface area contributed by atoms with Gasteiger partial charge in [-0.05, 0) is 85.2 Å². The van der Waals surface area contributed by atoms with Gasteiger partial charge in [-0.1, -0.05) is 49.4 Å². The van der Waals surface area contributed by atoms with Crippen molar-refractivity contribution in [2.24, 2.45) is 0 Å². The first-order valence-electron chi connectivity index (χ1n) is 10.8. The highest BCUT2D eigenvalue weighted by molar-refractivity contribution is 7.99. The van der Waals surface area contributed by atoms with Gasteiger partial charge in [-0.3, -0.25) is 4.79 Å². The molecule has 0 saturated carbocycles. The molecule has 0 radical (unpaired) electrons. The second-order valence-corrected chi connectivity index (χ2v) is 9.79. The zero-order chi connectivity index (χ0) is 22.4. The molecule has 0 spiro atoms. The molecule has 0 atom stereocenters. The summed E-state index contributed by atoms with van der Waals surface area (Å²) in [7, 11) is 1.89. The van der Waals surface area contributed by atoms with Crippen molar-refractivity contribution in [1.82, 2.24) is 4.90 Å². The van der Waals surface area contributed by atoms with E-state index in [1.807, 2.05) is 24.1 Å². The predicted molar refractivity (Wildman–Crippen MR) is 135 cm³/mol. The highest BCUT2D eigenvalue weighted by Gasteiger charge is 2.16. The smallest absolute Gasteiger partial charge is 0.253 e. The standard InChI is InChI=1S/C27H31NOS2/c1-6-8-16-28(5)27(29)21-13-14-24(20(4)18-21)31-25-12-10-9-11-23(25)22(7-2)26-19(3)15-17-30-26/h7,9-15,17-18H,6,8,16H2,1-5H3/b22-7-. The number of thiophene rings is 1. The number of hydrogen-bond donors (Lipinski definition) is 0. The first-order valence-corrected chi connectivity index (χ1v) is 12.5. The van der Waals surface area contributed by atoms with Crippen molar-refractivity contribution in [1.29, 1.82) is 0 Å². The lowest BCUT2D eigenvalue weighted by Crippen LogP contribution is -2.27. The number of amides is 1. The molecule has 2 nitrogen and oxygen atoms in total. The molecule has 162 valence electrons. The fourth-order valence-corrected chi connectivity index (χ4v) is 5.61. The van der Waals surface area contributed by atoms with Crippen molar-refractivity contribution in [2.75, 3.05) is 13.6 Å². The van der Waals surface area contributed by atoms with Crippen LogP contribution in [0.25, 0.3) is 5.57 Å². The summed E-state index contributed by atoms with van der Waals surface area (Å²) in [4.78, 5) is 18.3. The Morgan fingerprint density at radius 3 is 2.48 bits per heavy atom. The molecule has 31 heavy (non-hydrogen) atoms. The zero-order valence-electron chi connectivity index (χ0n) is 19.1. The molecule has 0 unspecified atom stereocenters. The van der Waals surface area contributed by atoms with Crippen LogP contribution < -0.4 is 0 Å². The zero-order valence-corrected chi connectivity index (χ0v) is 20.7. The van der Waals surface area contributed by atoms with Crippen molar-refractivity contribution in [3.05, 3.63) is 87.1 Å². The molecular weight excluding hydrogens is 418 g/mol. The predicted octanol–water partition coefficient (Wildman–Crippen LogP) is 7.84. The monoisotopic (exact) mass is 449 g/mol. The molecule has 1 heterocycles. The molecule has 3 rings (SSSR count). The van der Waals surface area contributed by atoms with Gasteiger partial charge in [0.05, 0.1) is 0 Å². The number of aryl methyl sites for hydroxylation is 2. The first-order chi connectivity index (χ1) is 15.0. The molecule has 1 amide bonds. The van der Waals surface area contributed by atoms with Crippen molar-refractivity contribution in [3.8, 4) is 0 Å². The lowest BCUT2D eigenvalue weighted by molar-refractivity contribution is 0.0793. The number of nitrogens with zero attached hydrogens (tertiary/aromatic N) is 1. The van der Waals surface area contributed by atoms with E-state index in [1.165, 1.54) is 31.4 Å². The van der Waals surface area contributed by atoms with E-state index in [0.29, 0.717) is 0 Å². The summed E-state index contributed by atoms with van der Waals surface area (Å²) < 4.78 is 0. The third-order valence-corrected chi connectivity index (χ3v) is 7.71. The minimum Gasteiger partial charge on any atom is -0.342 e. The second kappa shape index (κ2) is 10.8. The van der Waals surface area contributed by atoms with Crippen molar-refractivity contribution in [2.45, 2.75) is 50.3 Å². The van der Waals surface area contributed by atoms with Crippen LogP contribution in [0.4, 0.5) is 0 Å². The Morgan fingerprint density at radius 1 is 1.06 bits per heavy atom. The molecule has 3 aromatic rings. The van der Waals surface area contributed by atoms with Crippen LogP contribution in [-0.2, 0) is 0 Å². The molecule has 0 fully saturated rings. The number of unbranched alkanes of at least 4 members (excludes halogenated alkanes) is 1. The molecule has 0 N–H and O–H groups in total. The van der Waals surface area contributed by atoms with Crippen molar-refractivity contribution < 1.29 is 4.79 Å². The van der Waals surface area contributed by atoms with E-state index in [1.54, 1.807) is 23.1 Å². The van der Waals surface area contributed by atoms with Gasteiger partial charge in [-0.25, -0.2) is 0 Å². The molecule has 0 aliphatic heterocycles. The maximum Gasteiger partial charge on any atom is 0.253 e. The van der Waals surface area contributed by atoms with E-state index in [9.17, 15) is 4.79 Å². The molecular formula is C27H31NOS2. The quantitative estimate of drug-likeness (QED) is 0.349. The summed E-state index contributed by atoms with van der Waals surface area (Å²) in [5, 5.41) is 2.15. The summed E-state index contributed by atoms with van der Waals surface area (Å²) in [5.41, 5.74) is 5.72. The fourth-order valence-electron chi connectivity index (χ4n) is 3.57. The normalized spacial score (nSPS) is 11.6. The van der Waals surface area contributed by atoms with Gasteiger partial charge in [0.2, 0.25) is 0 Å². The molecule has 0 aliphatic carbocycles. The van der Waals surface area contributed by atoms with E-state index >= 15 is 0 Å². The topological polar surface area (TPSA) is 20.3 Å². The van der Waals surface area contributed by atoms with E-state index in [-0.39, 0.29) is 5.91 Å². The third-order valence-electron chi connectivity index (χ3n) is 5.41. The van der Waals surface area contributed by atoms with Gasteiger partial charge in [-0.15, -0.1) is 11.3 Å². The Morgan fingerprint density at radius 2 is 1.84 bits per heavy atom. The summed E-state index contributed by atoms with van der Waals surface area (Å²) in [6.45, 7) is 9.31. The van der Waals surface area contributed by atoms with Crippen LogP contribution in [0.1, 0.15) is 58.6 Å². The Balaban J connectivity index is 1.87. The lowest BCUT2D eigenvalue weighted by atomic mass is 10.0. The number of rotatable bonds is 8. The highest BCUT2D eigenvalue weighted by atomic mass is 32.2. The average molecular weight is 450 g/mol. The van der Waals surface area contributed by atoms with Crippen LogP contribution in [0.2, 0.25) is 0 Å². The summed E-state index contributed by atoms with van der Waals surface area (Å²) in [6.07, 6.45) is 4.33. The molecule has 0 saturated heterocycles. The first kappa shape index (κ1) is 23.4. The molecule has 1 aromatic heterocycles. The van der Waals surface area contributed by atoms with Gasteiger partial charge >= 0.3 is 0 Å². The lowest BCUT2D eigenvalue weighted by Gasteiger charge is -2.18. The third kappa shape index (κ3) is 5.50. The second-order valence-electron chi connectivity index (χ2n) is 7.79. The number of carbonyl (C=O) groups is 1. The number of allylic oxidation sites excluding steroid dienone is 1. The SMILES string of the molecule is C/C=C(/c1ccccc1Sc1ccc(C(=O)N(C)CCCC)cc1C)c1sccc1C. The van der Waals surface area contributed by atoms with Crippen LogP contribution >= 0.6 is 23.1 Å². The van der Waals surface area contributed by atoms with E-state index in [4.69, 9.17) is 0 Å². The number of hydrogen-bond acceptors (Lipinski definition) is 3. The summed E-state index contributed by atoms with van der Waals surface area (Å²) in [5.74, 6) is 0.0953. The van der Waals surface area contributed by atoms with Gasteiger partial charge in [0.1, 0.15) is 0 Å². The van der Waals surface area contributed by atoms with Crippen LogP contribution in [0, 0.1) is 13.8 Å². The van der Waals surface area contributed by atoms with Crippen LogP contribution in [0.3, 0.4) is 0 Å². The average Bonchev–Trinajstić information content (AvgIpc) is 3.20. The molecule has 2 aromatic carbocycles. The van der Waals surface area contributed by atoms with Crippen molar-refractivity contribution >= 4 is 34.6 Å². The summed E-state index contributed by atoms with van der Waals surface area (Å²) >= 11 is 3.56. The minimum absolute atomic E-state index is 0.0953.